The molecular weight excluding hydrogens is 180 g/mol. The smallest absolute Gasteiger partial charge is 0.354 e. The molecular formula is C10H14N2O2. The molecule has 1 fully saturated rings. The molecule has 0 aromatic carbocycles. The second-order valence-electron chi connectivity index (χ2n) is 3.86. The molecule has 1 saturated carbocycles. The summed E-state index contributed by atoms with van der Waals surface area (Å²) < 4.78 is 1.45. The van der Waals surface area contributed by atoms with E-state index in [4.69, 9.17) is 5.11 Å². The van der Waals surface area contributed by atoms with E-state index in [1.807, 2.05) is 0 Å². The summed E-state index contributed by atoms with van der Waals surface area (Å²) in [7, 11) is 1.68. The minimum absolute atomic E-state index is 0.284. The molecule has 0 radical (unpaired) electrons. The highest BCUT2D eigenvalue weighted by Gasteiger charge is 2.22. The van der Waals surface area contributed by atoms with Crippen LogP contribution in [0.2, 0.25) is 0 Å². The van der Waals surface area contributed by atoms with Crippen molar-refractivity contribution in [2.45, 2.75) is 31.6 Å². The molecule has 4 heteroatoms. The largest absolute Gasteiger partial charge is 0.477 e. The van der Waals surface area contributed by atoms with Gasteiger partial charge in [0, 0.05) is 13.0 Å². The van der Waals surface area contributed by atoms with E-state index < -0.39 is 5.97 Å². The van der Waals surface area contributed by atoms with Gasteiger partial charge < -0.3 is 5.11 Å². The number of hydrogen-bond donors (Lipinski definition) is 1. The van der Waals surface area contributed by atoms with Crippen LogP contribution in [-0.4, -0.2) is 20.9 Å². The fraction of sp³-hybridized carbons (Fsp3) is 0.600. The van der Waals surface area contributed by atoms with Crippen LogP contribution in [0.15, 0.2) is 6.07 Å². The lowest BCUT2D eigenvalue weighted by Gasteiger charge is -2.02. The van der Waals surface area contributed by atoms with Crippen molar-refractivity contribution < 1.29 is 9.90 Å². The number of aromatic carboxylic acids is 1. The van der Waals surface area contributed by atoms with Gasteiger partial charge >= 0.3 is 5.97 Å². The van der Waals surface area contributed by atoms with Gasteiger partial charge in [-0.25, -0.2) is 4.79 Å². The van der Waals surface area contributed by atoms with Crippen LogP contribution in [0.1, 0.15) is 47.8 Å². The number of carbonyl (C=O) groups is 1. The molecule has 1 aliphatic carbocycles. The average molecular weight is 194 g/mol. The van der Waals surface area contributed by atoms with Crippen molar-refractivity contribution in [1.29, 1.82) is 0 Å². The van der Waals surface area contributed by atoms with Gasteiger partial charge in [0.25, 0.3) is 0 Å². The van der Waals surface area contributed by atoms with Crippen LogP contribution < -0.4 is 0 Å². The highest BCUT2D eigenvalue weighted by atomic mass is 16.4. The second-order valence-corrected chi connectivity index (χ2v) is 3.86. The number of aromatic nitrogens is 2. The van der Waals surface area contributed by atoms with Crippen molar-refractivity contribution in [1.82, 2.24) is 9.78 Å². The summed E-state index contributed by atoms with van der Waals surface area (Å²) in [4.78, 5) is 10.8. The predicted octanol–water partition coefficient (Wildman–Crippen LogP) is 1.78. The van der Waals surface area contributed by atoms with Crippen LogP contribution in [-0.2, 0) is 7.05 Å². The fourth-order valence-corrected chi connectivity index (χ4v) is 2.11. The Labute approximate surface area is 82.5 Å². The molecule has 2 rings (SSSR count). The van der Waals surface area contributed by atoms with Crippen LogP contribution in [0.5, 0.6) is 0 Å². The van der Waals surface area contributed by atoms with Crippen molar-refractivity contribution in [2.75, 3.05) is 0 Å². The van der Waals surface area contributed by atoms with E-state index >= 15 is 0 Å². The van der Waals surface area contributed by atoms with Crippen molar-refractivity contribution in [2.24, 2.45) is 7.05 Å². The number of carboxylic acid groups (broad SMARTS) is 1. The molecule has 0 bridgehead atoms. The normalized spacial score (nSPS) is 17.5. The highest BCUT2D eigenvalue weighted by molar-refractivity contribution is 5.85. The maximum atomic E-state index is 10.8. The van der Waals surface area contributed by atoms with Crippen LogP contribution >= 0.6 is 0 Å². The van der Waals surface area contributed by atoms with E-state index in [1.165, 1.54) is 17.5 Å². The van der Waals surface area contributed by atoms with Gasteiger partial charge in [-0.15, -0.1) is 0 Å². The summed E-state index contributed by atoms with van der Waals surface area (Å²) in [5.74, 6) is -0.418. The van der Waals surface area contributed by atoms with Gasteiger partial charge in [-0.05, 0) is 18.9 Å². The first-order chi connectivity index (χ1) is 6.68. The second kappa shape index (κ2) is 3.44. The predicted molar refractivity (Wildman–Crippen MR) is 51.4 cm³/mol. The molecule has 1 aliphatic rings. The molecule has 76 valence electrons. The Morgan fingerprint density at radius 3 is 2.71 bits per heavy atom. The van der Waals surface area contributed by atoms with Crippen LogP contribution in [0.4, 0.5) is 0 Å². The molecule has 0 amide bonds. The Balaban J connectivity index is 2.27. The SMILES string of the molecule is Cn1nc(C2CCCC2)cc1C(=O)O. The summed E-state index contributed by atoms with van der Waals surface area (Å²) in [6, 6.07) is 1.71. The van der Waals surface area contributed by atoms with Crippen LogP contribution in [0, 0.1) is 0 Å². The van der Waals surface area contributed by atoms with Gasteiger partial charge in [0.15, 0.2) is 0 Å². The van der Waals surface area contributed by atoms with Gasteiger partial charge in [-0.3, -0.25) is 4.68 Å². The molecule has 14 heavy (non-hydrogen) atoms. The van der Waals surface area contributed by atoms with E-state index in [1.54, 1.807) is 13.1 Å². The zero-order valence-electron chi connectivity index (χ0n) is 8.23. The summed E-state index contributed by atoms with van der Waals surface area (Å²) >= 11 is 0. The summed E-state index contributed by atoms with van der Waals surface area (Å²) in [5.41, 5.74) is 1.23. The van der Waals surface area contributed by atoms with E-state index in [-0.39, 0.29) is 5.69 Å². The van der Waals surface area contributed by atoms with Gasteiger partial charge in [-0.1, -0.05) is 12.8 Å². The number of rotatable bonds is 2. The van der Waals surface area contributed by atoms with Crippen molar-refractivity contribution in [3.8, 4) is 0 Å². The lowest BCUT2D eigenvalue weighted by atomic mass is 10.0. The van der Waals surface area contributed by atoms with E-state index in [0.29, 0.717) is 5.92 Å². The Morgan fingerprint density at radius 1 is 1.57 bits per heavy atom. The molecule has 0 aliphatic heterocycles. The molecule has 1 heterocycles. The molecule has 1 N–H and O–H groups in total. The van der Waals surface area contributed by atoms with Crippen LogP contribution in [0.3, 0.4) is 0 Å². The Kier molecular flexibility index (Phi) is 2.27. The molecule has 0 atom stereocenters. The molecule has 1 aromatic heterocycles. The van der Waals surface area contributed by atoms with Gasteiger partial charge in [0.2, 0.25) is 0 Å². The average Bonchev–Trinajstić information content (AvgIpc) is 2.70. The van der Waals surface area contributed by atoms with E-state index in [2.05, 4.69) is 5.10 Å². The number of nitrogens with zero attached hydrogens (tertiary/aromatic N) is 2. The zero-order chi connectivity index (χ0) is 10.1. The summed E-state index contributed by atoms with van der Waals surface area (Å²) in [6.45, 7) is 0. The first kappa shape index (κ1) is 9.24. The minimum atomic E-state index is -0.899. The number of hydrogen-bond acceptors (Lipinski definition) is 2. The quantitative estimate of drug-likeness (QED) is 0.780. The van der Waals surface area contributed by atoms with Crippen molar-refractivity contribution >= 4 is 5.97 Å². The van der Waals surface area contributed by atoms with E-state index in [9.17, 15) is 4.79 Å². The first-order valence-corrected chi connectivity index (χ1v) is 4.95. The lowest BCUT2D eigenvalue weighted by Crippen LogP contribution is -2.04. The van der Waals surface area contributed by atoms with Crippen molar-refractivity contribution in [3.63, 3.8) is 0 Å². The maximum absolute atomic E-state index is 10.8. The number of aryl methyl sites for hydroxylation is 1. The topological polar surface area (TPSA) is 55.1 Å². The molecule has 0 spiro atoms. The Morgan fingerprint density at radius 2 is 2.21 bits per heavy atom. The van der Waals surface area contributed by atoms with Crippen LogP contribution in [0.25, 0.3) is 0 Å². The third-order valence-corrected chi connectivity index (χ3v) is 2.89. The van der Waals surface area contributed by atoms with Gasteiger partial charge in [0.1, 0.15) is 5.69 Å². The molecule has 0 saturated heterocycles. The molecule has 4 nitrogen and oxygen atoms in total. The van der Waals surface area contributed by atoms with Crippen molar-refractivity contribution in [3.05, 3.63) is 17.5 Å². The molecule has 1 aromatic rings. The number of carboxylic acids is 1. The standard InChI is InChI=1S/C10H14N2O2/c1-12-9(10(13)14)6-8(11-12)7-4-2-3-5-7/h6-7H,2-5H2,1H3,(H,13,14). The monoisotopic (exact) mass is 194 g/mol. The summed E-state index contributed by atoms with van der Waals surface area (Å²) in [6.07, 6.45) is 4.78. The van der Waals surface area contributed by atoms with E-state index in [0.717, 1.165) is 18.5 Å². The Bertz CT molecular complexity index is 351. The minimum Gasteiger partial charge on any atom is -0.477 e. The fourth-order valence-electron chi connectivity index (χ4n) is 2.11. The third-order valence-electron chi connectivity index (χ3n) is 2.89. The molecule has 0 unspecified atom stereocenters. The third kappa shape index (κ3) is 1.52. The maximum Gasteiger partial charge on any atom is 0.354 e. The summed E-state index contributed by atoms with van der Waals surface area (Å²) in [5, 5.41) is 13.1. The van der Waals surface area contributed by atoms with Gasteiger partial charge in [0.05, 0.1) is 5.69 Å². The first-order valence-electron chi connectivity index (χ1n) is 4.95. The highest BCUT2D eigenvalue weighted by Crippen LogP contribution is 2.33. The van der Waals surface area contributed by atoms with Gasteiger partial charge in [-0.2, -0.15) is 5.10 Å². The lowest BCUT2D eigenvalue weighted by molar-refractivity contribution is 0.0685. The Hall–Kier alpha value is -1.32. The zero-order valence-corrected chi connectivity index (χ0v) is 8.23.